The van der Waals surface area contributed by atoms with Gasteiger partial charge in [-0.1, -0.05) is 0 Å². The molecule has 0 aliphatic rings. The number of nitrogens with one attached hydrogen (secondary N) is 2. The van der Waals surface area contributed by atoms with Crippen molar-refractivity contribution >= 4 is 23.1 Å². The number of imidazole rings is 1. The summed E-state index contributed by atoms with van der Waals surface area (Å²) in [6, 6.07) is 6.79. The van der Waals surface area contributed by atoms with E-state index in [9.17, 15) is 18.7 Å². The van der Waals surface area contributed by atoms with Crippen LogP contribution < -0.4 is 10.6 Å². The molecule has 1 atom stereocenters. The Labute approximate surface area is 217 Å². The molecule has 4 rings (SSSR count). The van der Waals surface area contributed by atoms with E-state index in [1.807, 2.05) is 6.07 Å². The van der Waals surface area contributed by atoms with E-state index in [1.165, 1.54) is 55.5 Å². The summed E-state index contributed by atoms with van der Waals surface area (Å²) in [6.07, 6.45) is 4.15. The summed E-state index contributed by atoms with van der Waals surface area (Å²) in [5.74, 6) is -0.284. The number of amides is 1. The van der Waals surface area contributed by atoms with Crippen LogP contribution >= 0.6 is 0 Å². The zero-order chi connectivity index (χ0) is 27.7. The van der Waals surface area contributed by atoms with Gasteiger partial charge in [0.1, 0.15) is 23.6 Å². The van der Waals surface area contributed by atoms with Crippen molar-refractivity contribution in [2.75, 3.05) is 11.9 Å². The Bertz CT molecular complexity index is 1510. The van der Waals surface area contributed by atoms with Gasteiger partial charge in [0.05, 0.1) is 53.6 Å². The van der Waals surface area contributed by atoms with E-state index in [2.05, 4.69) is 30.8 Å². The van der Waals surface area contributed by atoms with Crippen LogP contribution in [0.4, 0.5) is 20.3 Å². The largest absolute Gasteiger partial charge is 0.387 e. The second-order valence-electron chi connectivity index (χ2n) is 9.96. The lowest BCUT2D eigenvalue weighted by molar-refractivity contribution is -0.00177. The second kappa shape index (κ2) is 10.1. The number of nitriles is 1. The fraction of sp³-hybridized carbons (Fsp3) is 0.360. The van der Waals surface area contributed by atoms with E-state index in [4.69, 9.17) is 5.26 Å². The number of fused-ring (bicyclic) bond motifs is 1. The zero-order valence-electron chi connectivity index (χ0n) is 21.3. The van der Waals surface area contributed by atoms with Gasteiger partial charge in [-0.2, -0.15) is 15.5 Å². The predicted molar refractivity (Wildman–Crippen MR) is 135 cm³/mol. The van der Waals surface area contributed by atoms with Crippen molar-refractivity contribution in [3.8, 4) is 17.5 Å². The summed E-state index contributed by atoms with van der Waals surface area (Å²) < 4.78 is 31.3. The number of aromatic nitrogens is 6. The van der Waals surface area contributed by atoms with Gasteiger partial charge in [-0.15, -0.1) is 0 Å². The Kier molecular flexibility index (Phi) is 7.10. The maximum atomic E-state index is 14.2. The lowest BCUT2D eigenvalue weighted by Crippen LogP contribution is -2.42. The van der Waals surface area contributed by atoms with Crippen LogP contribution in [0.3, 0.4) is 0 Å². The van der Waals surface area contributed by atoms with E-state index in [-0.39, 0.29) is 12.1 Å². The minimum absolute atomic E-state index is 0.0244. The van der Waals surface area contributed by atoms with Crippen molar-refractivity contribution in [2.24, 2.45) is 0 Å². The molecule has 4 heterocycles. The SMILES string of the molecule is CC(C)(F)Cn1ccc(Nc2cc(-c3cnc4cc(C#N)cnn34)ncc2C(=O)NC[C@@H](F)C(C)(C)O)n1. The molecule has 1 amide bonds. The lowest BCUT2D eigenvalue weighted by atomic mass is 10.0. The first-order valence-corrected chi connectivity index (χ1v) is 11.7. The van der Waals surface area contributed by atoms with Crippen LogP contribution in [0.1, 0.15) is 43.6 Å². The molecule has 0 bridgehead atoms. The van der Waals surface area contributed by atoms with Crippen LogP contribution in [0.15, 0.2) is 43.0 Å². The van der Waals surface area contributed by atoms with Crippen molar-refractivity contribution in [3.05, 3.63) is 54.1 Å². The molecule has 0 radical (unpaired) electrons. The van der Waals surface area contributed by atoms with Crippen molar-refractivity contribution in [1.29, 1.82) is 5.26 Å². The maximum Gasteiger partial charge on any atom is 0.255 e. The number of aliphatic hydroxyl groups is 1. The summed E-state index contributed by atoms with van der Waals surface area (Å²) in [6.45, 7) is 5.11. The monoisotopic (exact) mass is 523 g/mol. The highest BCUT2D eigenvalue weighted by atomic mass is 19.1. The summed E-state index contributed by atoms with van der Waals surface area (Å²) in [4.78, 5) is 21.6. The fourth-order valence-corrected chi connectivity index (χ4v) is 3.56. The van der Waals surface area contributed by atoms with Gasteiger partial charge in [0, 0.05) is 24.5 Å². The van der Waals surface area contributed by atoms with Crippen molar-refractivity contribution in [3.63, 3.8) is 0 Å². The van der Waals surface area contributed by atoms with E-state index >= 15 is 0 Å². The highest BCUT2D eigenvalue weighted by Gasteiger charge is 2.27. The van der Waals surface area contributed by atoms with E-state index in [1.54, 1.807) is 24.4 Å². The first-order chi connectivity index (χ1) is 17.8. The number of pyridine rings is 1. The van der Waals surface area contributed by atoms with E-state index in [0.29, 0.717) is 34.1 Å². The minimum atomic E-state index is -1.70. The van der Waals surface area contributed by atoms with E-state index in [0.717, 1.165) is 0 Å². The van der Waals surface area contributed by atoms with Crippen LogP contribution in [-0.2, 0) is 6.54 Å². The van der Waals surface area contributed by atoms with Gasteiger partial charge in [0.2, 0.25) is 0 Å². The molecule has 198 valence electrons. The highest BCUT2D eigenvalue weighted by Crippen LogP contribution is 2.27. The van der Waals surface area contributed by atoms with Crippen LogP contribution in [-0.4, -0.2) is 64.4 Å². The molecule has 0 aromatic carbocycles. The number of nitrogens with zero attached hydrogens (tertiary/aromatic N) is 7. The van der Waals surface area contributed by atoms with E-state index < -0.39 is 29.9 Å². The van der Waals surface area contributed by atoms with Crippen LogP contribution in [0.2, 0.25) is 0 Å². The molecule has 0 aliphatic heterocycles. The third kappa shape index (κ3) is 6.09. The molecule has 38 heavy (non-hydrogen) atoms. The number of hydrogen-bond donors (Lipinski definition) is 3. The zero-order valence-corrected chi connectivity index (χ0v) is 21.3. The summed E-state index contributed by atoms with van der Waals surface area (Å²) in [7, 11) is 0. The van der Waals surface area contributed by atoms with Gasteiger partial charge < -0.3 is 15.7 Å². The molecule has 0 fully saturated rings. The van der Waals surface area contributed by atoms with Gasteiger partial charge in [0.15, 0.2) is 11.5 Å². The highest BCUT2D eigenvalue weighted by molar-refractivity contribution is 6.00. The Hall–Kier alpha value is -4.44. The summed E-state index contributed by atoms with van der Waals surface area (Å²) in [5.41, 5.74) is -1.05. The number of alkyl halides is 2. The molecule has 3 N–H and O–H groups in total. The fourth-order valence-electron chi connectivity index (χ4n) is 3.56. The quantitative estimate of drug-likeness (QED) is 0.303. The van der Waals surface area contributed by atoms with Crippen molar-refractivity contribution in [2.45, 2.75) is 51.7 Å². The number of carbonyl (C=O) groups is 1. The number of hydrogen-bond acceptors (Lipinski definition) is 8. The molecule has 11 nitrogen and oxygen atoms in total. The standard InChI is InChI=1S/C25H27F2N9O2/c1-24(2,27)14-35-6-5-21(34-35)33-17-8-18(19-12-30-22-7-15(9-28)10-32-36(19)22)29-11-16(17)23(37)31-13-20(26)25(3,4)38/h5-8,10-12,20,38H,13-14H2,1-4H3,(H,31,37)(H,29,33,34)/t20-/m1/s1. The van der Waals surface area contributed by atoms with Gasteiger partial charge in [-0.25, -0.2) is 18.3 Å². The number of carbonyl (C=O) groups excluding carboxylic acids is 1. The Morgan fingerprint density at radius 1 is 1.21 bits per heavy atom. The number of rotatable bonds is 9. The predicted octanol–water partition coefficient (Wildman–Crippen LogP) is 3.19. The first-order valence-electron chi connectivity index (χ1n) is 11.7. The van der Waals surface area contributed by atoms with Gasteiger partial charge >= 0.3 is 0 Å². The summed E-state index contributed by atoms with van der Waals surface area (Å²) >= 11 is 0. The topological polar surface area (TPSA) is 146 Å². The Morgan fingerprint density at radius 2 is 1.97 bits per heavy atom. The molecular weight excluding hydrogens is 496 g/mol. The summed E-state index contributed by atoms with van der Waals surface area (Å²) in [5, 5.41) is 33.1. The first kappa shape index (κ1) is 26.6. The normalized spacial score (nSPS) is 12.8. The number of anilines is 2. The lowest BCUT2D eigenvalue weighted by Gasteiger charge is -2.22. The molecule has 0 unspecified atom stereocenters. The average Bonchev–Trinajstić information content (AvgIpc) is 3.46. The maximum absolute atomic E-state index is 14.2. The molecule has 0 spiro atoms. The second-order valence-corrected chi connectivity index (χ2v) is 9.96. The molecule has 0 saturated heterocycles. The minimum Gasteiger partial charge on any atom is -0.387 e. The molecule has 13 heteroatoms. The van der Waals surface area contributed by atoms with Crippen LogP contribution in [0.5, 0.6) is 0 Å². The van der Waals surface area contributed by atoms with Crippen molar-refractivity contribution < 1.29 is 18.7 Å². The van der Waals surface area contributed by atoms with Gasteiger partial charge in [-0.05, 0) is 33.8 Å². The molecule has 0 aliphatic carbocycles. The third-order valence-corrected chi connectivity index (χ3v) is 5.55. The molecule has 4 aromatic heterocycles. The molecule has 0 saturated carbocycles. The van der Waals surface area contributed by atoms with Crippen LogP contribution in [0, 0.1) is 11.3 Å². The third-order valence-electron chi connectivity index (χ3n) is 5.55. The van der Waals surface area contributed by atoms with Crippen LogP contribution in [0.25, 0.3) is 17.0 Å². The van der Waals surface area contributed by atoms with Gasteiger partial charge in [0.25, 0.3) is 5.91 Å². The van der Waals surface area contributed by atoms with Crippen molar-refractivity contribution in [1.82, 2.24) is 34.7 Å². The smallest absolute Gasteiger partial charge is 0.255 e. The van der Waals surface area contributed by atoms with Gasteiger partial charge in [-0.3, -0.25) is 14.5 Å². The molecule has 4 aromatic rings. The Balaban J connectivity index is 1.69. The Morgan fingerprint density at radius 3 is 2.66 bits per heavy atom. The molecular formula is C25H27F2N9O2. The average molecular weight is 524 g/mol. The number of halogens is 2.